The summed E-state index contributed by atoms with van der Waals surface area (Å²) in [4.78, 5) is 33.4. The number of aromatic nitrogens is 1. The molecule has 11 heteroatoms. The molecular weight excluding hydrogens is 413 g/mol. The third kappa shape index (κ3) is 12.9. The van der Waals surface area contributed by atoms with E-state index in [9.17, 15) is 15.0 Å². The number of rotatable bonds is 3. The smallest absolute Gasteiger partial charge is 0.300 e. The van der Waals surface area contributed by atoms with Crippen molar-refractivity contribution in [2.75, 3.05) is 0 Å². The van der Waals surface area contributed by atoms with Crippen molar-refractivity contribution in [3.05, 3.63) is 53.9 Å². The van der Waals surface area contributed by atoms with Crippen LogP contribution in [0.1, 0.15) is 29.8 Å². The molecule has 0 aliphatic carbocycles. The minimum Gasteiger partial charge on any atom is -0.507 e. The number of hydrazone groups is 1. The van der Waals surface area contributed by atoms with Crippen LogP contribution in [0.4, 0.5) is 0 Å². The number of phenols is 2. The molecule has 0 bridgehead atoms. The summed E-state index contributed by atoms with van der Waals surface area (Å²) in [5.74, 6) is -2.35. The first-order valence-corrected chi connectivity index (χ1v) is 7.28. The number of aliphatic carboxylic acids is 2. The van der Waals surface area contributed by atoms with Crippen molar-refractivity contribution in [3.8, 4) is 11.5 Å². The summed E-state index contributed by atoms with van der Waals surface area (Å²) in [6.45, 7) is 2.17. The van der Waals surface area contributed by atoms with Crippen LogP contribution in [0.3, 0.4) is 0 Å². The van der Waals surface area contributed by atoms with Crippen molar-refractivity contribution in [1.82, 2.24) is 10.4 Å². The zero-order chi connectivity index (χ0) is 20.8. The van der Waals surface area contributed by atoms with Crippen LogP contribution in [-0.4, -0.2) is 49.5 Å². The average Bonchev–Trinajstić information content (AvgIpc) is 2.57. The van der Waals surface area contributed by atoms with E-state index in [-0.39, 0.29) is 34.1 Å². The zero-order valence-corrected chi connectivity index (χ0v) is 16.1. The molecule has 0 saturated carbocycles. The monoisotopic (exact) mass is 432 g/mol. The summed E-state index contributed by atoms with van der Waals surface area (Å²) in [5.41, 5.74) is 2.77. The Morgan fingerprint density at radius 1 is 1.00 bits per heavy atom. The number of carbonyl (C=O) groups is 3. The van der Waals surface area contributed by atoms with E-state index in [4.69, 9.17) is 19.8 Å². The van der Waals surface area contributed by atoms with Gasteiger partial charge in [-0.2, -0.15) is 5.10 Å². The third-order valence-electron chi connectivity index (χ3n) is 2.34. The maximum Gasteiger partial charge on any atom is 0.300 e. The fourth-order valence-electron chi connectivity index (χ4n) is 1.39. The molecule has 0 saturated heterocycles. The van der Waals surface area contributed by atoms with E-state index < -0.39 is 17.8 Å². The Labute approximate surface area is 171 Å². The SMILES string of the molecule is CC(=O)O.CC(=O)O.O=C(N/N=C/c1c(O)cccc1O)c1cccnc1.[Mn]. The van der Waals surface area contributed by atoms with Gasteiger partial charge in [0.25, 0.3) is 17.8 Å². The minimum absolute atomic E-state index is 0. The standard InChI is InChI=1S/C13H11N3O3.2C2H4O2.Mn/c17-11-4-1-5-12(18)10(11)8-15-16-13(19)9-3-2-6-14-7-9;2*1-2(3)4;/h1-8,17-18H,(H,16,19);2*1H3,(H,3,4);/b15-8+;;;. The maximum absolute atomic E-state index is 11.6. The van der Waals surface area contributed by atoms with Crippen molar-refractivity contribution in [2.24, 2.45) is 5.10 Å². The number of aromatic hydroxyl groups is 2. The van der Waals surface area contributed by atoms with Gasteiger partial charge in [0.2, 0.25) is 0 Å². The third-order valence-corrected chi connectivity index (χ3v) is 2.34. The molecule has 0 aliphatic heterocycles. The van der Waals surface area contributed by atoms with Crippen molar-refractivity contribution in [2.45, 2.75) is 13.8 Å². The number of hydrogen-bond donors (Lipinski definition) is 5. The second kappa shape index (κ2) is 14.7. The molecule has 0 atom stereocenters. The Morgan fingerprint density at radius 3 is 1.93 bits per heavy atom. The Bertz CT molecular complexity index is 758. The molecule has 0 unspecified atom stereocenters. The Morgan fingerprint density at radius 2 is 1.50 bits per heavy atom. The van der Waals surface area contributed by atoms with Gasteiger partial charge in [0, 0.05) is 43.3 Å². The zero-order valence-electron chi connectivity index (χ0n) is 14.9. The number of carboxylic acid groups (broad SMARTS) is 2. The molecular formula is C17H19MnN3O7. The second-order valence-electron chi connectivity index (χ2n) is 4.69. The van der Waals surface area contributed by atoms with Gasteiger partial charge in [-0.1, -0.05) is 6.07 Å². The normalized spacial score (nSPS) is 8.93. The van der Waals surface area contributed by atoms with Gasteiger partial charge < -0.3 is 20.4 Å². The Balaban J connectivity index is 0. The van der Waals surface area contributed by atoms with Crippen LogP contribution in [0, 0.1) is 0 Å². The quantitative estimate of drug-likeness (QED) is 0.276. The Kier molecular flexibility index (Phi) is 14.1. The topological polar surface area (TPSA) is 169 Å². The van der Waals surface area contributed by atoms with E-state index in [1.54, 1.807) is 18.3 Å². The molecule has 1 amide bonds. The first-order valence-electron chi connectivity index (χ1n) is 7.28. The predicted molar refractivity (Wildman–Crippen MR) is 95.7 cm³/mol. The van der Waals surface area contributed by atoms with Gasteiger partial charge in [0.15, 0.2) is 0 Å². The molecule has 1 radical (unpaired) electrons. The number of carbonyl (C=O) groups excluding carboxylic acids is 1. The average molecular weight is 432 g/mol. The number of carboxylic acids is 2. The molecule has 1 aromatic carbocycles. The molecule has 1 heterocycles. The first-order chi connectivity index (χ1) is 12.6. The van der Waals surface area contributed by atoms with Gasteiger partial charge in [-0.05, 0) is 24.3 Å². The van der Waals surface area contributed by atoms with E-state index in [2.05, 4.69) is 15.5 Å². The van der Waals surface area contributed by atoms with Crippen LogP contribution < -0.4 is 5.43 Å². The van der Waals surface area contributed by atoms with Crippen molar-refractivity contribution in [3.63, 3.8) is 0 Å². The molecule has 0 spiro atoms. The van der Waals surface area contributed by atoms with Crippen LogP contribution in [0.2, 0.25) is 0 Å². The molecule has 1 aromatic heterocycles. The Hall–Kier alpha value is -3.43. The number of benzene rings is 1. The summed E-state index contributed by atoms with van der Waals surface area (Å²) < 4.78 is 0. The fraction of sp³-hybridized carbons (Fsp3) is 0.118. The molecule has 0 aliphatic rings. The number of amides is 1. The fourth-order valence-corrected chi connectivity index (χ4v) is 1.39. The summed E-state index contributed by atoms with van der Waals surface area (Å²) in [7, 11) is 0. The molecule has 151 valence electrons. The molecule has 5 N–H and O–H groups in total. The van der Waals surface area contributed by atoms with Gasteiger partial charge >= 0.3 is 0 Å². The van der Waals surface area contributed by atoms with Crippen LogP contribution in [0.25, 0.3) is 0 Å². The van der Waals surface area contributed by atoms with E-state index in [1.807, 2.05) is 0 Å². The minimum atomic E-state index is -0.833. The summed E-state index contributed by atoms with van der Waals surface area (Å²) >= 11 is 0. The number of pyridine rings is 1. The molecule has 28 heavy (non-hydrogen) atoms. The van der Waals surface area contributed by atoms with Gasteiger partial charge in [-0.3, -0.25) is 19.4 Å². The summed E-state index contributed by atoms with van der Waals surface area (Å²) in [5, 5.41) is 37.5. The number of nitrogens with one attached hydrogen (secondary N) is 1. The van der Waals surface area contributed by atoms with E-state index in [0.29, 0.717) is 5.56 Å². The molecule has 10 nitrogen and oxygen atoms in total. The van der Waals surface area contributed by atoms with E-state index >= 15 is 0 Å². The summed E-state index contributed by atoms with van der Waals surface area (Å²) in [6, 6.07) is 7.53. The molecule has 2 rings (SSSR count). The van der Waals surface area contributed by atoms with Gasteiger partial charge in [0.1, 0.15) is 11.5 Å². The van der Waals surface area contributed by atoms with Gasteiger partial charge in [-0.25, -0.2) is 5.43 Å². The van der Waals surface area contributed by atoms with Crippen LogP contribution >= 0.6 is 0 Å². The van der Waals surface area contributed by atoms with Gasteiger partial charge in [0.05, 0.1) is 17.3 Å². The largest absolute Gasteiger partial charge is 0.507 e. The number of nitrogens with zero attached hydrogens (tertiary/aromatic N) is 2. The van der Waals surface area contributed by atoms with Crippen LogP contribution in [0.5, 0.6) is 11.5 Å². The predicted octanol–water partition coefficient (Wildman–Crippen LogP) is 1.44. The molecule has 2 aromatic rings. The first kappa shape index (κ1) is 26.8. The van der Waals surface area contributed by atoms with Crippen molar-refractivity contribution in [1.29, 1.82) is 0 Å². The van der Waals surface area contributed by atoms with Crippen molar-refractivity contribution < 1.29 is 51.9 Å². The van der Waals surface area contributed by atoms with Crippen LogP contribution in [-0.2, 0) is 26.7 Å². The maximum atomic E-state index is 11.6. The molecule has 0 fully saturated rings. The van der Waals surface area contributed by atoms with Crippen molar-refractivity contribution >= 4 is 24.1 Å². The van der Waals surface area contributed by atoms with Gasteiger partial charge in [-0.15, -0.1) is 0 Å². The second-order valence-corrected chi connectivity index (χ2v) is 4.69. The van der Waals surface area contributed by atoms with Crippen LogP contribution in [0.15, 0.2) is 47.8 Å². The van der Waals surface area contributed by atoms with E-state index in [1.165, 1.54) is 30.6 Å². The number of hydrogen-bond acceptors (Lipinski definition) is 7. The number of phenolic OH excluding ortho intramolecular Hbond substituents is 2. The summed E-state index contributed by atoms with van der Waals surface area (Å²) in [6.07, 6.45) is 4.13. The van der Waals surface area contributed by atoms with E-state index in [0.717, 1.165) is 13.8 Å².